The van der Waals surface area contributed by atoms with Crippen molar-refractivity contribution in [2.45, 2.75) is 125 Å². The van der Waals surface area contributed by atoms with E-state index in [0.29, 0.717) is 33.0 Å². The van der Waals surface area contributed by atoms with Crippen LogP contribution in [0, 0.1) is 56.7 Å². The van der Waals surface area contributed by atoms with E-state index in [1.54, 1.807) is 5.57 Å². The van der Waals surface area contributed by atoms with Crippen molar-refractivity contribution in [3.8, 4) is 0 Å². The van der Waals surface area contributed by atoms with Crippen LogP contribution in [0.5, 0.6) is 0 Å². The lowest BCUT2D eigenvalue weighted by Crippen LogP contribution is -2.55. The molecule has 1 heteroatoms. The highest BCUT2D eigenvalue weighted by atomic mass is 16.3. The van der Waals surface area contributed by atoms with Crippen LogP contribution in [0.15, 0.2) is 12.2 Å². The van der Waals surface area contributed by atoms with Gasteiger partial charge in [-0.15, -0.1) is 0 Å². The van der Waals surface area contributed by atoms with Gasteiger partial charge in [-0.05, 0) is 127 Å². The first kappa shape index (κ1) is 23.4. The number of hydrogen-bond donors (Lipinski definition) is 1. The smallest absolute Gasteiger partial charge is 0.0568 e. The van der Waals surface area contributed by atoms with E-state index in [1.165, 1.54) is 64.2 Å². The first-order chi connectivity index (χ1) is 14.8. The SMILES string of the molecule is C=C(CCC(C)(C)C(C)C)C1CCC2(C)C3CCC4C(C)C(O)CCC45CC35CCC12C. The zero-order valence-corrected chi connectivity index (χ0v) is 22.4. The molecule has 0 bridgehead atoms. The highest BCUT2D eigenvalue weighted by molar-refractivity contribution is 5.31. The van der Waals surface area contributed by atoms with Crippen LogP contribution in [0.2, 0.25) is 0 Å². The maximum Gasteiger partial charge on any atom is 0.0568 e. The van der Waals surface area contributed by atoms with Gasteiger partial charge in [-0.25, -0.2) is 0 Å². The summed E-state index contributed by atoms with van der Waals surface area (Å²) in [5.41, 5.74) is 4.13. The van der Waals surface area contributed by atoms with E-state index in [2.05, 4.69) is 48.5 Å². The van der Waals surface area contributed by atoms with Crippen LogP contribution in [0.25, 0.3) is 0 Å². The van der Waals surface area contributed by atoms with Crippen molar-refractivity contribution in [1.82, 2.24) is 0 Å². The Bertz CT molecular complexity index is 779. The molecule has 0 radical (unpaired) electrons. The Morgan fingerprint density at radius 1 is 0.969 bits per heavy atom. The van der Waals surface area contributed by atoms with Crippen LogP contribution in [0.1, 0.15) is 119 Å². The van der Waals surface area contributed by atoms with E-state index < -0.39 is 0 Å². The lowest BCUT2D eigenvalue weighted by Gasteiger charge is -2.62. The van der Waals surface area contributed by atoms with Crippen molar-refractivity contribution < 1.29 is 5.11 Å². The Morgan fingerprint density at radius 2 is 1.69 bits per heavy atom. The van der Waals surface area contributed by atoms with Crippen LogP contribution in [-0.2, 0) is 0 Å². The average molecular weight is 441 g/mol. The number of aliphatic hydroxyl groups is 1. The normalized spacial score (nSPS) is 52.1. The maximum absolute atomic E-state index is 10.6. The Hall–Kier alpha value is -0.300. The molecule has 1 N–H and O–H groups in total. The molecule has 5 aliphatic rings. The fraction of sp³-hybridized carbons (Fsp3) is 0.935. The summed E-state index contributed by atoms with van der Waals surface area (Å²) < 4.78 is 0. The summed E-state index contributed by atoms with van der Waals surface area (Å²) in [5, 5.41) is 10.6. The largest absolute Gasteiger partial charge is 0.393 e. The minimum Gasteiger partial charge on any atom is -0.393 e. The van der Waals surface area contributed by atoms with E-state index in [1.807, 2.05) is 0 Å². The lowest BCUT2D eigenvalue weighted by atomic mass is 9.43. The third kappa shape index (κ3) is 2.79. The summed E-state index contributed by atoms with van der Waals surface area (Å²) in [6.07, 6.45) is 14.8. The molecule has 32 heavy (non-hydrogen) atoms. The van der Waals surface area contributed by atoms with Gasteiger partial charge in [0.1, 0.15) is 0 Å². The second-order valence-corrected chi connectivity index (χ2v) is 14.9. The summed E-state index contributed by atoms with van der Waals surface area (Å²) in [4.78, 5) is 0. The van der Waals surface area contributed by atoms with Gasteiger partial charge >= 0.3 is 0 Å². The Morgan fingerprint density at radius 3 is 2.38 bits per heavy atom. The van der Waals surface area contributed by atoms with Gasteiger partial charge < -0.3 is 5.11 Å². The second kappa shape index (κ2) is 7.11. The lowest BCUT2D eigenvalue weighted by molar-refractivity contribution is -0.136. The minimum atomic E-state index is -0.0430. The zero-order valence-electron chi connectivity index (χ0n) is 22.4. The highest BCUT2D eigenvalue weighted by Crippen LogP contribution is 2.88. The third-order valence-electron chi connectivity index (χ3n) is 13.8. The molecule has 0 aromatic carbocycles. The Kier molecular flexibility index (Phi) is 5.21. The molecule has 1 nitrogen and oxygen atoms in total. The summed E-state index contributed by atoms with van der Waals surface area (Å²) in [6, 6.07) is 0. The van der Waals surface area contributed by atoms with E-state index in [-0.39, 0.29) is 6.10 Å². The van der Waals surface area contributed by atoms with E-state index in [9.17, 15) is 5.11 Å². The van der Waals surface area contributed by atoms with Crippen molar-refractivity contribution in [3.63, 3.8) is 0 Å². The van der Waals surface area contributed by atoms with Gasteiger partial charge in [0.05, 0.1) is 6.10 Å². The quantitative estimate of drug-likeness (QED) is 0.425. The van der Waals surface area contributed by atoms with Crippen LogP contribution >= 0.6 is 0 Å². The second-order valence-electron chi connectivity index (χ2n) is 14.9. The highest BCUT2D eigenvalue weighted by Gasteiger charge is 2.81. The van der Waals surface area contributed by atoms with E-state index in [4.69, 9.17) is 6.58 Å². The molecule has 0 aliphatic heterocycles. The van der Waals surface area contributed by atoms with Crippen LogP contribution < -0.4 is 0 Å². The molecule has 9 unspecified atom stereocenters. The fourth-order valence-electron chi connectivity index (χ4n) is 10.6. The number of hydrogen-bond acceptors (Lipinski definition) is 1. The molecule has 5 aliphatic carbocycles. The Labute approximate surface area is 199 Å². The van der Waals surface area contributed by atoms with E-state index in [0.717, 1.165) is 30.1 Å². The van der Waals surface area contributed by atoms with Gasteiger partial charge in [-0.3, -0.25) is 0 Å². The predicted molar refractivity (Wildman–Crippen MR) is 135 cm³/mol. The van der Waals surface area contributed by atoms with Crippen LogP contribution in [0.3, 0.4) is 0 Å². The van der Waals surface area contributed by atoms with E-state index >= 15 is 0 Å². The van der Waals surface area contributed by atoms with Crippen molar-refractivity contribution in [2.24, 2.45) is 56.7 Å². The molecule has 9 atom stereocenters. The van der Waals surface area contributed by atoms with Gasteiger partial charge in [0.25, 0.3) is 0 Å². The molecule has 0 aromatic rings. The van der Waals surface area contributed by atoms with Gasteiger partial charge in [-0.1, -0.05) is 60.6 Å². The monoisotopic (exact) mass is 440 g/mol. The van der Waals surface area contributed by atoms with Gasteiger partial charge in [0, 0.05) is 0 Å². The summed E-state index contributed by atoms with van der Waals surface area (Å²) >= 11 is 0. The van der Waals surface area contributed by atoms with Crippen molar-refractivity contribution >= 4 is 0 Å². The molecule has 2 spiro atoms. The van der Waals surface area contributed by atoms with Crippen LogP contribution in [-0.4, -0.2) is 11.2 Å². The van der Waals surface area contributed by atoms with Gasteiger partial charge in [-0.2, -0.15) is 0 Å². The van der Waals surface area contributed by atoms with Crippen LogP contribution in [0.4, 0.5) is 0 Å². The zero-order chi connectivity index (χ0) is 23.3. The molecular formula is C31H52O. The molecule has 0 amide bonds. The predicted octanol–water partition coefficient (Wildman–Crippen LogP) is 8.41. The van der Waals surface area contributed by atoms with Crippen molar-refractivity contribution in [1.29, 1.82) is 0 Å². The van der Waals surface area contributed by atoms with Crippen molar-refractivity contribution in [3.05, 3.63) is 12.2 Å². The first-order valence-corrected chi connectivity index (χ1v) is 14.2. The van der Waals surface area contributed by atoms with Gasteiger partial charge in [0.2, 0.25) is 0 Å². The Balaban J connectivity index is 1.37. The summed E-state index contributed by atoms with van der Waals surface area (Å²) in [7, 11) is 0. The number of rotatable bonds is 5. The minimum absolute atomic E-state index is 0.0430. The molecule has 0 aromatic heterocycles. The average Bonchev–Trinajstić information content (AvgIpc) is 3.32. The van der Waals surface area contributed by atoms with Gasteiger partial charge in [0.15, 0.2) is 0 Å². The molecule has 5 fully saturated rings. The summed E-state index contributed by atoms with van der Waals surface area (Å²) in [6.45, 7) is 22.2. The number of allylic oxidation sites excluding steroid dienone is 1. The number of fused-ring (bicyclic) bond motifs is 2. The topological polar surface area (TPSA) is 20.2 Å². The first-order valence-electron chi connectivity index (χ1n) is 14.2. The number of aliphatic hydroxyl groups excluding tert-OH is 1. The molecule has 182 valence electrons. The third-order valence-corrected chi connectivity index (χ3v) is 13.8. The molecule has 0 saturated heterocycles. The molecule has 5 rings (SSSR count). The maximum atomic E-state index is 10.6. The molecule has 5 saturated carbocycles. The standard InChI is InChI=1S/C31H52O/c1-20(2)27(5,6)14-11-21(3)23-12-15-29(8)26-10-9-24-22(4)25(32)13-16-30(24)19-31(26,30)18-17-28(23,29)7/h20,22-26,32H,3,9-19H2,1-2,4-8H3. The molecular weight excluding hydrogens is 388 g/mol. The van der Waals surface area contributed by atoms with Crippen molar-refractivity contribution in [2.75, 3.05) is 0 Å². The summed E-state index contributed by atoms with van der Waals surface area (Å²) in [5.74, 6) is 3.68. The molecule has 0 heterocycles. The fourth-order valence-corrected chi connectivity index (χ4v) is 10.6.